The molecule has 1 amide bonds. The van der Waals surface area contributed by atoms with E-state index in [1.807, 2.05) is 48.7 Å². The summed E-state index contributed by atoms with van der Waals surface area (Å²) < 4.78 is 8.73. The highest BCUT2D eigenvalue weighted by atomic mass is 16.5. The molecule has 2 saturated heterocycles. The van der Waals surface area contributed by atoms with Gasteiger partial charge in [0.2, 0.25) is 5.91 Å². The van der Waals surface area contributed by atoms with Crippen LogP contribution in [0.4, 0.5) is 0 Å². The summed E-state index contributed by atoms with van der Waals surface area (Å²) in [5.41, 5.74) is 5.01. The maximum Gasteiger partial charge on any atom is 0.244 e. The van der Waals surface area contributed by atoms with E-state index in [-0.39, 0.29) is 17.9 Å². The van der Waals surface area contributed by atoms with Crippen molar-refractivity contribution < 1.29 is 9.53 Å². The molecular weight excluding hydrogens is 418 g/mol. The number of amides is 1. The molecule has 166 valence electrons. The summed E-state index contributed by atoms with van der Waals surface area (Å²) in [5.74, 6) is 0.737. The van der Waals surface area contributed by atoms with Gasteiger partial charge in [0.25, 0.3) is 0 Å². The van der Waals surface area contributed by atoms with Crippen molar-refractivity contribution >= 4 is 5.91 Å². The monoisotopic (exact) mass is 441 g/mol. The second kappa shape index (κ2) is 7.63. The van der Waals surface area contributed by atoms with Gasteiger partial charge in [-0.05, 0) is 11.6 Å². The standard InChI is InChI=1S/C24H23N7O2/c1-29-10-20(8-27-29)17-3-2-4-18(5-17)23-25-6-19(7-26-23)21-9-28-31(11-21)12-22(32)30-13-24(14-30)15-33-16-24/h2-11H,12-16H2,1H3. The number of benzene rings is 1. The maximum absolute atomic E-state index is 12.5. The van der Waals surface area contributed by atoms with E-state index in [4.69, 9.17) is 4.74 Å². The third kappa shape index (κ3) is 3.70. The summed E-state index contributed by atoms with van der Waals surface area (Å²) >= 11 is 0. The van der Waals surface area contributed by atoms with Gasteiger partial charge in [0.15, 0.2) is 5.82 Å². The Kier molecular flexibility index (Phi) is 4.58. The van der Waals surface area contributed by atoms with Gasteiger partial charge >= 0.3 is 0 Å². The lowest BCUT2D eigenvalue weighted by atomic mass is 9.78. The van der Waals surface area contributed by atoms with E-state index in [1.165, 1.54) is 0 Å². The van der Waals surface area contributed by atoms with Crippen LogP contribution in [0.2, 0.25) is 0 Å². The van der Waals surface area contributed by atoms with Gasteiger partial charge in [0.1, 0.15) is 6.54 Å². The number of carbonyl (C=O) groups excluding carboxylic acids is 1. The van der Waals surface area contributed by atoms with Crippen molar-refractivity contribution in [1.82, 2.24) is 34.4 Å². The Balaban J connectivity index is 1.14. The number of rotatable bonds is 5. The van der Waals surface area contributed by atoms with E-state index in [1.54, 1.807) is 28.0 Å². The summed E-state index contributed by atoms with van der Waals surface area (Å²) in [4.78, 5) is 23.5. The van der Waals surface area contributed by atoms with Gasteiger partial charge in [-0.2, -0.15) is 10.2 Å². The number of aromatic nitrogens is 6. The Morgan fingerprint density at radius 2 is 1.67 bits per heavy atom. The lowest BCUT2D eigenvalue weighted by Crippen LogP contribution is -2.67. The smallest absolute Gasteiger partial charge is 0.244 e. The molecule has 33 heavy (non-hydrogen) atoms. The van der Waals surface area contributed by atoms with Gasteiger partial charge in [-0.15, -0.1) is 0 Å². The molecule has 0 atom stereocenters. The second-order valence-corrected chi connectivity index (χ2v) is 8.95. The molecule has 2 aliphatic heterocycles. The zero-order valence-electron chi connectivity index (χ0n) is 18.3. The van der Waals surface area contributed by atoms with Crippen molar-refractivity contribution in [2.24, 2.45) is 12.5 Å². The molecule has 1 spiro atoms. The number of ether oxygens (including phenoxy) is 1. The first-order valence-corrected chi connectivity index (χ1v) is 10.9. The van der Waals surface area contributed by atoms with Crippen molar-refractivity contribution in [3.8, 4) is 33.6 Å². The third-order valence-corrected chi connectivity index (χ3v) is 6.30. The molecule has 1 aromatic carbocycles. The highest BCUT2D eigenvalue weighted by Gasteiger charge is 2.50. The van der Waals surface area contributed by atoms with Gasteiger partial charge in [0, 0.05) is 67.2 Å². The number of likely N-dealkylation sites (tertiary alicyclic amines) is 1. The van der Waals surface area contributed by atoms with Crippen LogP contribution in [-0.2, 0) is 23.1 Å². The molecule has 0 N–H and O–H groups in total. The van der Waals surface area contributed by atoms with Crippen molar-refractivity contribution in [2.75, 3.05) is 26.3 Å². The van der Waals surface area contributed by atoms with Crippen LogP contribution in [0.15, 0.2) is 61.4 Å². The minimum absolute atomic E-state index is 0.0854. The third-order valence-electron chi connectivity index (χ3n) is 6.30. The van der Waals surface area contributed by atoms with Crippen LogP contribution in [0.5, 0.6) is 0 Å². The minimum atomic E-state index is 0.0854. The zero-order valence-corrected chi connectivity index (χ0v) is 18.3. The van der Waals surface area contributed by atoms with E-state index >= 15 is 0 Å². The maximum atomic E-state index is 12.5. The molecule has 9 heteroatoms. The van der Waals surface area contributed by atoms with Crippen LogP contribution in [0.1, 0.15) is 0 Å². The first-order chi connectivity index (χ1) is 16.1. The van der Waals surface area contributed by atoms with Crippen molar-refractivity contribution in [1.29, 1.82) is 0 Å². The largest absolute Gasteiger partial charge is 0.380 e. The molecule has 2 aliphatic rings. The van der Waals surface area contributed by atoms with Crippen LogP contribution in [-0.4, -0.2) is 66.6 Å². The molecule has 0 radical (unpaired) electrons. The summed E-state index contributed by atoms with van der Waals surface area (Å²) in [5, 5.41) is 8.59. The second-order valence-electron chi connectivity index (χ2n) is 8.95. The Hall–Kier alpha value is -3.85. The number of hydrogen-bond donors (Lipinski definition) is 0. The topological polar surface area (TPSA) is 91.0 Å². The average molecular weight is 441 g/mol. The lowest BCUT2D eigenvalue weighted by molar-refractivity contribution is -0.195. The molecule has 5 heterocycles. The van der Waals surface area contributed by atoms with E-state index in [2.05, 4.69) is 26.2 Å². The highest BCUT2D eigenvalue weighted by molar-refractivity contribution is 5.77. The average Bonchev–Trinajstić information content (AvgIpc) is 3.41. The van der Waals surface area contributed by atoms with Gasteiger partial charge in [0.05, 0.1) is 31.0 Å². The van der Waals surface area contributed by atoms with Gasteiger partial charge in [-0.25, -0.2) is 9.97 Å². The van der Waals surface area contributed by atoms with Crippen molar-refractivity contribution in [2.45, 2.75) is 6.54 Å². The van der Waals surface area contributed by atoms with E-state index in [9.17, 15) is 4.79 Å². The Bertz CT molecular complexity index is 1310. The van der Waals surface area contributed by atoms with E-state index in [0.717, 1.165) is 54.1 Å². The predicted octanol–water partition coefficient (Wildman–Crippen LogP) is 2.27. The molecule has 9 nitrogen and oxygen atoms in total. The molecule has 0 bridgehead atoms. The van der Waals surface area contributed by atoms with Crippen LogP contribution in [0.3, 0.4) is 0 Å². The Morgan fingerprint density at radius 3 is 2.36 bits per heavy atom. The molecular formula is C24H23N7O2. The first-order valence-electron chi connectivity index (χ1n) is 10.9. The number of aryl methyl sites for hydroxylation is 1. The van der Waals surface area contributed by atoms with Crippen LogP contribution in [0, 0.1) is 5.41 Å². The highest BCUT2D eigenvalue weighted by Crippen LogP contribution is 2.37. The van der Waals surface area contributed by atoms with Crippen LogP contribution < -0.4 is 0 Å². The summed E-state index contributed by atoms with van der Waals surface area (Å²) in [6.07, 6.45) is 11.0. The van der Waals surface area contributed by atoms with Crippen molar-refractivity contribution in [3.63, 3.8) is 0 Å². The first kappa shape index (κ1) is 19.8. The molecule has 4 aromatic rings. The molecule has 3 aromatic heterocycles. The quantitative estimate of drug-likeness (QED) is 0.472. The molecule has 0 saturated carbocycles. The fourth-order valence-electron chi connectivity index (χ4n) is 4.39. The molecule has 2 fully saturated rings. The lowest BCUT2D eigenvalue weighted by Gasteiger charge is -2.54. The fourth-order valence-corrected chi connectivity index (χ4v) is 4.39. The Morgan fingerprint density at radius 1 is 0.939 bits per heavy atom. The van der Waals surface area contributed by atoms with Crippen LogP contribution in [0.25, 0.3) is 33.6 Å². The fraction of sp³-hybridized carbons (Fsp3) is 0.292. The number of hydrogen-bond acceptors (Lipinski definition) is 6. The SMILES string of the molecule is Cn1cc(-c2cccc(-c3ncc(-c4cnn(CC(=O)N5CC6(COC6)C5)c4)cn3)c2)cn1. The summed E-state index contributed by atoms with van der Waals surface area (Å²) in [6, 6.07) is 8.10. The molecule has 0 aliphatic carbocycles. The Labute approximate surface area is 190 Å². The van der Waals surface area contributed by atoms with Gasteiger partial charge in [-0.3, -0.25) is 14.2 Å². The molecule has 6 rings (SSSR count). The van der Waals surface area contributed by atoms with E-state index < -0.39 is 0 Å². The van der Waals surface area contributed by atoms with Gasteiger partial charge in [-0.1, -0.05) is 18.2 Å². The molecule has 0 unspecified atom stereocenters. The van der Waals surface area contributed by atoms with E-state index in [0.29, 0.717) is 5.82 Å². The summed E-state index contributed by atoms with van der Waals surface area (Å²) in [7, 11) is 1.90. The predicted molar refractivity (Wildman–Crippen MR) is 121 cm³/mol. The van der Waals surface area contributed by atoms with Gasteiger partial charge < -0.3 is 9.64 Å². The van der Waals surface area contributed by atoms with Crippen LogP contribution >= 0.6 is 0 Å². The zero-order chi connectivity index (χ0) is 22.4. The van der Waals surface area contributed by atoms with Crippen molar-refractivity contribution in [3.05, 3.63) is 61.4 Å². The normalized spacial score (nSPS) is 16.5. The number of carbonyl (C=O) groups is 1. The number of nitrogens with zero attached hydrogens (tertiary/aromatic N) is 7. The minimum Gasteiger partial charge on any atom is -0.380 e. The summed E-state index contributed by atoms with van der Waals surface area (Å²) in [6.45, 7) is 3.35.